The molecule has 132 valence electrons. The van der Waals surface area contributed by atoms with Gasteiger partial charge in [0.25, 0.3) is 5.91 Å². The molecule has 0 atom stereocenters. The number of pyridine rings is 1. The van der Waals surface area contributed by atoms with Gasteiger partial charge in [-0.25, -0.2) is 0 Å². The third kappa shape index (κ3) is 4.61. The Balaban J connectivity index is 1.63. The Morgan fingerprint density at radius 1 is 1.04 bits per heavy atom. The molecule has 3 aromatic rings. The molecule has 0 radical (unpaired) electrons. The Morgan fingerprint density at radius 3 is 2.62 bits per heavy atom. The summed E-state index contributed by atoms with van der Waals surface area (Å²) in [7, 11) is 1.96. The molecule has 0 spiro atoms. The number of amides is 1. The average molecular weight is 366 g/mol. The highest BCUT2D eigenvalue weighted by Crippen LogP contribution is 2.23. The van der Waals surface area contributed by atoms with Crippen molar-refractivity contribution in [2.75, 3.05) is 18.5 Å². The summed E-state index contributed by atoms with van der Waals surface area (Å²) in [6.07, 6.45) is 2.37. The van der Waals surface area contributed by atoms with E-state index in [1.165, 1.54) is 0 Å². The molecule has 2 aromatic carbocycles. The number of halogens is 1. The lowest BCUT2D eigenvalue weighted by Crippen LogP contribution is -2.26. The molecular formula is C21H20ClN3O. The van der Waals surface area contributed by atoms with Gasteiger partial charge in [-0.2, -0.15) is 0 Å². The lowest BCUT2D eigenvalue weighted by atomic mass is 10.1. The monoisotopic (exact) mass is 365 g/mol. The molecule has 1 aromatic heterocycles. The van der Waals surface area contributed by atoms with Gasteiger partial charge in [0.2, 0.25) is 0 Å². The molecule has 1 amide bonds. The van der Waals surface area contributed by atoms with E-state index in [-0.39, 0.29) is 5.91 Å². The van der Waals surface area contributed by atoms with Gasteiger partial charge in [-0.15, -0.1) is 0 Å². The highest BCUT2D eigenvalue weighted by molar-refractivity contribution is 6.30. The largest absolute Gasteiger partial charge is 0.350 e. The van der Waals surface area contributed by atoms with E-state index in [9.17, 15) is 4.79 Å². The van der Waals surface area contributed by atoms with Gasteiger partial charge in [-0.3, -0.25) is 9.78 Å². The highest BCUT2D eigenvalue weighted by atomic mass is 35.5. The van der Waals surface area contributed by atoms with Crippen LogP contribution in [0.15, 0.2) is 72.9 Å². The van der Waals surface area contributed by atoms with Crippen LogP contribution in [0.2, 0.25) is 5.02 Å². The highest BCUT2D eigenvalue weighted by Gasteiger charge is 2.10. The number of hydrogen-bond acceptors (Lipinski definition) is 3. The van der Waals surface area contributed by atoms with E-state index in [4.69, 9.17) is 11.6 Å². The number of anilines is 2. The molecule has 4 nitrogen and oxygen atoms in total. The van der Waals surface area contributed by atoms with Gasteiger partial charge in [0.15, 0.2) is 0 Å². The first-order valence-electron chi connectivity index (χ1n) is 8.41. The predicted octanol–water partition coefficient (Wildman–Crippen LogP) is 4.48. The zero-order valence-corrected chi connectivity index (χ0v) is 15.3. The van der Waals surface area contributed by atoms with E-state index in [0.29, 0.717) is 17.3 Å². The van der Waals surface area contributed by atoms with Gasteiger partial charge in [-0.1, -0.05) is 41.9 Å². The van der Waals surface area contributed by atoms with Gasteiger partial charge in [0.05, 0.1) is 0 Å². The second kappa shape index (κ2) is 8.50. The third-order valence-corrected chi connectivity index (χ3v) is 4.33. The molecule has 0 saturated heterocycles. The van der Waals surface area contributed by atoms with Crippen LogP contribution in [-0.2, 0) is 6.42 Å². The Morgan fingerprint density at radius 2 is 1.85 bits per heavy atom. The average Bonchev–Trinajstić information content (AvgIpc) is 2.68. The molecule has 0 fully saturated rings. The van der Waals surface area contributed by atoms with Crippen LogP contribution in [-0.4, -0.2) is 24.5 Å². The number of aromatic nitrogens is 1. The molecule has 1 N–H and O–H groups in total. The number of carbonyl (C=O) groups excluding carboxylic acids is 1. The first-order valence-corrected chi connectivity index (χ1v) is 8.79. The summed E-state index contributed by atoms with van der Waals surface area (Å²) in [5.41, 5.74) is 3.44. The minimum absolute atomic E-state index is 0.185. The maximum absolute atomic E-state index is 12.4. The summed E-state index contributed by atoms with van der Waals surface area (Å²) in [5, 5.41) is 3.61. The van der Waals surface area contributed by atoms with Crippen molar-refractivity contribution in [1.82, 2.24) is 10.3 Å². The van der Waals surface area contributed by atoms with Crippen LogP contribution >= 0.6 is 11.6 Å². The Kier molecular flexibility index (Phi) is 5.87. The van der Waals surface area contributed by atoms with Crippen molar-refractivity contribution in [3.05, 3.63) is 89.2 Å². The molecule has 3 rings (SSSR count). The van der Waals surface area contributed by atoms with Crippen molar-refractivity contribution < 1.29 is 4.79 Å². The molecular weight excluding hydrogens is 346 g/mol. The Hall–Kier alpha value is -2.85. The van der Waals surface area contributed by atoms with Crippen molar-refractivity contribution in [2.24, 2.45) is 0 Å². The number of hydrogen-bond donors (Lipinski definition) is 1. The molecule has 26 heavy (non-hydrogen) atoms. The number of nitrogens with one attached hydrogen (secondary N) is 1. The van der Waals surface area contributed by atoms with E-state index >= 15 is 0 Å². The molecule has 0 aliphatic heterocycles. The van der Waals surface area contributed by atoms with Crippen molar-refractivity contribution in [2.45, 2.75) is 6.42 Å². The van der Waals surface area contributed by atoms with Gasteiger partial charge in [0, 0.05) is 36.2 Å². The second-order valence-electron chi connectivity index (χ2n) is 5.93. The lowest BCUT2D eigenvalue weighted by molar-refractivity contribution is 0.0949. The Labute approximate surface area is 158 Å². The SMILES string of the molecule is CN(c1ccccc1)c1ccnc(C(=O)NCCc2cccc(Cl)c2)c1. The molecule has 0 saturated carbocycles. The molecule has 0 aliphatic carbocycles. The zero-order chi connectivity index (χ0) is 18.4. The van der Waals surface area contributed by atoms with E-state index in [2.05, 4.69) is 10.3 Å². The molecule has 0 aliphatic rings. The maximum atomic E-state index is 12.4. The summed E-state index contributed by atoms with van der Waals surface area (Å²) in [5.74, 6) is -0.185. The predicted molar refractivity (Wildman–Crippen MR) is 106 cm³/mol. The number of rotatable bonds is 6. The lowest BCUT2D eigenvalue weighted by Gasteiger charge is -2.19. The zero-order valence-electron chi connectivity index (χ0n) is 14.5. The molecule has 5 heteroatoms. The number of para-hydroxylation sites is 1. The summed E-state index contributed by atoms with van der Waals surface area (Å²) in [6, 6.07) is 21.3. The van der Waals surface area contributed by atoms with Crippen molar-refractivity contribution in [1.29, 1.82) is 0 Å². The first kappa shape index (κ1) is 18.0. The van der Waals surface area contributed by atoms with Crippen LogP contribution in [0.5, 0.6) is 0 Å². The van der Waals surface area contributed by atoms with Gasteiger partial charge < -0.3 is 10.2 Å². The summed E-state index contributed by atoms with van der Waals surface area (Å²) >= 11 is 5.98. The van der Waals surface area contributed by atoms with Crippen molar-refractivity contribution in [3.8, 4) is 0 Å². The van der Waals surface area contributed by atoms with E-state index in [1.807, 2.05) is 72.6 Å². The smallest absolute Gasteiger partial charge is 0.269 e. The van der Waals surface area contributed by atoms with Gasteiger partial charge >= 0.3 is 0 Å². The van der Waals surface area contributed by atoms with E-state index in [0.717, 1.165) is 23.4 Å². The van der Waals surface area contributed by atoms with Crippen molar-refractivity contribution in [3.63, 3.8) is 0 Å². The summed E-state index contributed by atoms with van der Waals surface area (Å²) in [6.45, 7) is 0.527. The first-order chi connectivity index (χ1) is 12.6. The fourth-order valence-corrected chi connectivity index (χ4v) is 2.87. The standard InChI is InChI=1S/C21H20ClN3O/c1-25(18-8-3-2-4-9-18)19-11-13-23-20(15-19)21(26)24-12-10-16-6-5-7-17(22)14-16/h2-9,11,13-15H,10,12H2,1H3,(H,24,26). The van der Waals surface area contributed by atoms with Crippen LogP contribution in [0.3, 0.4) is 0 Å². The topological polar surface area (TPSA) is 45.2 Å². The Bertz CT molecular complexity index is 883. The van der Waals surface area contributed by atoms with E-state index < -0.39 is 0 Å². The van der Waals surface area contributed by atoms with Gasteiger partial charge in [-0.05, 0) is 48.4 Å². The maximum Gasteiger partial charge on any atom is 0.269 e. The second-order valence-corrected chi connectivity index (χ2v) is 6.37. The fraction of sp³-hybridized carbons (Fsp3) is 0.143. The number of carbonyl (C=O) groups is 1. The summed E-state index contributed by atoms with van der Waals surface area (Å²) in [4.78, 5) is 18.6. The van der Waals surface area contributed by atoms with Crippen molar-refractivity contribution >= 4 is 28.9 Å². The molecule has 0 unspecified atom stereocenters. The van der Waals surface area contributed by atoms with Crippen LogP contribution < -0.4 is 10.2 Å². The normalized spacial score (nSPS) is 10.4. The van der Waals surface area contributed by atoms with Crippen LogP contribution in [0.4, 0.5) is 11.4 Å². The molecule has 0 bridgehead atoms. The van der Waals surface area contributed by atoms with Crippen LogP contribution in [0.25, 0.3) is 0 Å². The quantitative estimate of drug-likeness (QED) is 0.700. The van der Waals surface area contributed by atoms with Gasteiger partial charge in [0.1, 0.15) is 5.69 Å². The molecule has 1 heterocycles. The fourth-order valence-electron chi connectivity index (χ4n) is 2.66. The third-order valence-electron chi connectivity index (χ3n) is 4.10. The van der Waals surface area contributed by atoms with Crippen LogP contribution in [0, 0.1) is 0 Å². The number of nitrogens with zero attached hydrogens (tertiary/aromatic N) is 2. The van der Waals surface area contributed by atoms with Crippen LogP contribution in [0.1, 0.15) is 16.1 Å². The minimum atomic E-state index is -0.185. The number of benzene rings is 2. The minimum Gasteiger partial charge on any atom is -0.350 e. The van der Waals surface area contributed by atoms with E-state index in [1.54, 1.807) is 12.3 Å². The summed E-state index contributed by atoms with van der Waals surface area (Å²) < 4.78 is 0.